The topological polar surface area (TPSA) is 63.6 Å². The molecule has 1 rings (SSSR count). The first kappa shape index (κ1) is 10.2. The molecule has 0 aliphatic heterocycles. The summed E-state index contributed by atoms with van der Waals surface area (Å²) in [6.45, 7) is 3.14. The lowest BCUT2D eigenvalue weighted by Gasteiger charge is -2.23. The number of esters is 1. The highest BCUT2D eigenvalue weighted by Gasteiger charge is 2.53. The molecule has 74 valence electrons. The fourth-order valence-corrected chi connectivity index (χ4v) is 1.93. The molecular weight excluding hydrogens is 172 g/mol. The normalized spacial score (nSPS) is 39.2. The van der Waals surface area contributed by atoms with Crippen molar-refractivity contribution in [1.29, 1.82) is 0 Å². The average molecular weight is 186 g/mol. The molecule has 4 heteroatoms. The van der Waals surface area contributed by atoms with Crippen molar-refractivity contribution in [2.75, 3.05) is 7.11 Å². The Kier molecular flexibility index (Phi) is 2.43. The minimum Gasteiger partial charge on any atom is -0.469 e. The monoisotopic (exact) mass is 186 g/mol. The van der Waals surface area contributed by atoms with E-state index < -0.39 is 17.5 Å². The van der Waals surface area contributed by atoms with Gasteiger partial charge in [-0.1, -0.05) is 6.92 Å². The molecule has 0 aromatic heterocycles. The predicted molar refractivity (Wildman–Crippen MR) is 44.9 cm³/mol. The molecular formula is C9H14O4. The maximum atomic E-state index is 11.3. The SMILES string of the molecule is COC(=O)[C@@H]1[C@H](C)CC(=O)[C@]1(C)O. The number of carbonyl (C=O) groups excluding carboxylic acids is 2. The van der Waals surface area contributed by atoms with Crippen molar-refractivity contribution in [3.05, 3.63) is 0 Å². The Balaban J connectivity index is 2.95. The van der Waals surface area contributed by atoms with Gasteiger partial charge in [0.25, 0.3) is 0 Å². The van der Waals surface area contributed by atoms with E-state index in [9.17, 15) is 14.7 Å². The fraction of sp³-hybridized carbons (Fsp3) is 0.778. The van der Waals surface area contributed by atoms with Crippen LogP contribution in [0.15, 0.2) is 0 Å². The maximum Gasteiger partial charge on any atom is 0.312 e. The third kappa shape index (κ3) is 1.46. The van der Waals surface area contributed by atoms with Crippen molar-refractivity contribution in [3.63, 3.8) is 0 Å². The summed E-state index contributed by atoms with van der Waals surface area (Å²) in [5.74, 6) is -1.65. The van der Waals surface area contributed by atoms with Gasteiger partial charge in [0.15, 0.2) is 5.78 Å². The molecule has 1 fully saturated rings. The third-order valence-corrected chi connectivity index (χ3v) is 2.70. The smallest absolute Gasteiger partial charge is 0.312 e. The quantitative estimate of drug-likeness (QED) is 0.591. The minimum absolute atomic E-state index is 0.144. The van der Waals surface area contributed by atoms with E-state index in [0.29, 0.717) is 0 Å². The standard InChI is InChI=1S/C9H14O4/c1-5-4-6(10)9(2,12)7(5)8(11)13-3/h5,7,12H,4H2,1-3H3/t5-,7+,9+/m1/s1. The van der Waals surface area contributed by atoms with Crippen LogP contribution < -0.4 is 0 Å². The summed E-state index contributed by atoms with van der Waals surface area (Å²) in [5, 5.41) is 9.74. The van der Waals surface area contributed by atoms with Gasteiger partial charge in [-0.05, 0) is 12.8 Å². The first-order valence-electron chi connectivity index (χ1n) is 4.24. The summed E-state index contributed by atoms with van der Waals surface area (Å²) in [5.41, 5.74) is -1.55. The molecule has 0 spiro atoms. The zero-order valence-electron chi connectivity index (χ0n) is 8.03. The lowest BCUT2D eigenvalue weighted by atomic mass is 9.88. The van der Waals surface area contributed by atoms with Crippen molar-refractivity contribution in [3.8, 4) is 0 Å². The molecule has 0 aromatic carbocycles. The Labute approximate surface area is 76.9 Å². The summed E-state index contributed by atoms with van der Waals surface area (Å²) >= 11 is 0. The van der Waals surface area contributed by atoms with Gasteiger partial charge in [0.2, 0.25) is 0 Å². The van der Waals surface area contributed by atoms with Gasteiger partial charge in [0.05, 0.1) is 13.0 Å². The summed E-state index contributed by atoms with van der Waals surface area (Å²) < 4.78 is 4.54. The van der Waals surface area contributed by atoms with Crippen LogP contribution >= 0.6 is 0 Å². The molecule has 4 nitrogen and oxygen atoms in total. The number of aliphatic hydroxyl groups is 1. The molecule has 1 saturated carbocycles. The molecule has 0 radical (unpaired) electrons. The Morgan fingerprint density at radius 3 is 2.54 bits per heavy atom. The molecule has 0 amide bonds. The first-order chi connectivity index (χ1) is 5.91. The summed E-state index contributed by atoms with van der Waals surface area (Å²) in [4.78, 5) is 22.5. The molecule has 13 heavy (non-hydrogen) atoms. The van der Waals surface area contributed by atoms with Crippen LogP contribution in [0.4, 0.5) is 0 Å². The molecule has 3 atom stereocenters. The lowest BCUT2D eigenvalue weighted by Crippen LogP contribution is -2.42. The van der Waals surface area contributed by atoms with E-state index in [1.807, 2.05) is 0 Å². The second-order valence-corrected chi connectivity index (χ2v) is 3.75. The van der Waals surface area contributed by atoms with Gasteiger partial charge in [0.1, 0.15) is 5.60 Å². The molecule has 1 N–H and O–H groups in total. The van der Waals surface area contributed by atoms with Crippen LogP contribution in [0.25, 0.3) is 0 Å². The van der Waals surface area contributed by atoms with Crippen molar-refractivity contribution in [2.24, 2.45) is 11.8 Å². The number of hydrogen-bond acceptors (Lipinski definition) is 4. The van der Waals surface area contributed by atoms with E-state index in [2.05, 4.69) is 4.74 Å². The number of hydrogen-bond donors (Lipinski definition) is 1. The molecule has 0 aromatic rings. The zero-order valence-corrected chi connectivity index (χ0v) is 8.03. The Hall–Kier alpha value is -0.900. The predicted octanol–water partition coefficient (Wildman–Crippen LogP) is 0.135. The van der Waals surface area contributed by atoms with Crippen LogP contribution in [0.3, 0.4) is 0 Å². The highest BCUT2D eigenvalue weighted by atomic mass is 16.5. The molecule has 0 saturated heterocycles. The van der Waals surface area contributed by atoms with Crippen LogP contribution in [0, 0.1) is 11.8 Å². The second kappa shape index (κ2) is 3.10. The van der Waals surface area contributed by atoms with E-state index in [-0.39, 0.29) is 18.1 Å². The van der Waals surface area contributed by atoms with Crippen LogP contribution in [-0.4, -0.2) is 29.6 Å². The molecule has 1 aliphatic rings. The highest BCUT2D eigenvalue weighted by Crippen LogP contribution is 2.37. The Morgan fingerprint density at radius 1 is 1.69 bits per heavy atom. The number of methoxy groups -OCH3 is 1. The molecule has 0 bridgehead atoms. The van der Waals surface area contributed by atoms with E-state index in [1.54, 1.807) is 6.92 Å². The fourth-order valence-electron chi connectivity index (χ4n) is 1.93. The van der Waals surface area contributed by atoms with E-state index in [1.165, 1.54) is 14.0 Å². The van der Waals surface area contributed by atoms with Gasteiger partial charge in [-0.25, -0.2) is 0 Å². The zero-order chi connectivity index (χ0) is 10.2. The van der Waals surface area contributed by atoms with Crippen molar-refractivity contribution < 1.29 is 19.4 Å². The molecule has 0 unspecified atom stereocenters. The second-order valence-electron chi connectivity index (χ2n) is 3.75. The van der Waals surface area contributed by atoms with Gasteiger partial charge >= 0.3 is 5.97 Å². The highest BCUT2D eigenvalue weighted by molar-refractivity contribution is 5.95. The van der Waals surface area contributed by atoms with Crippen LogP contribution in [0.5, 0.6) is 0 Å². The number of Topliss-reactive ketones (excluding diaryl/α,β-unsaturated/α-hetero) is 1. The number of ketones is 1. The first-order valence-corrected chi connectivity index (χ1v) is 4.24. The maximum absolute atomic E-state index is 11.3. The van der Waals surface area contributed by atoms with Crippen LogP contribution in [0.1, 0.15) is 20.3 Å². The summed E-state index contributed by atoms with van der Waals surface area (Å²) in [7, 11) is 1.26. The lowest BCUT2D eigenvalue weighted by molar-refractivity contribution is -0.158. The minimum atomic E-state index is -1.55. The molecule has 1 aliphatic carbocycles. The average Bonchev–Trinajstić information content (AvgIpc) is 2.21. The van der Waals surface area contributed by atoms with Crippen molar-refractivity contribution in [2.45, 2.75) is 25.9 Å². The van der Waals surface area contributed by atoms with Gasteiger partial charge in [-0.3, -0.25) is 9.59 Å². The van der Waals surface area contributed by atoms with Crippen molar-refractivity contribution >= 4 is 11.8 Å². The van der Waals surface area contributed by atoms with Gasteiger partial charge in [-0.2, -0.15) is 0 Å². The van der Waals surface area contributed by atoms with Gasteiger partial charge < -0.3 is 9.84 Å². The summed E-state index contributed by atoms with van der Waals surface area (Å²) in [6, 6.07) is 0. The summed E-state index contributed by atoms with van der Waals surface area (Å²) in [6.07, 6.45) is 0.243. The Bertz CT molecular complexity index is 244. The van der Waals surface area contributed by atoms with Crippen LogP contribution in [0.2, 0.25) is 0 Å². The third-order valence-electron chi connectivity index (χ3n) is 2.70. The van der Waals surface area contributed by atoms with E-state index in [4.69, 9.17) is 0 Å². The van der Waals surface area contributed by atoms with E-state index >= 15 is 0 Å². The molecule has 0 heterocycles. The van der Waals surface area contributed by atoms with Gasteiger partial charge in [-0.15, -0.1) is 0 Å². The Morgan fingerprint density at radius 2 is 2.23 bits per heavy atom. The number of rotatable bonds is 1. The van der Waals surface area contributed by atoms with Crippen LogP contribution in [-0.2, 0) is 14.3 Å². The largest absolute Gasteiger partial charge is 0.469 e. The van der Waals surface area contributed by atoms with Crippen molar-refractivity contribution in [1.82, 2.24) is 0 Å². The number of carbonyl (C=O) groups is 2. The van der Waals surface area contributed by atoms with E-state index in [0.717, 1.165) is 0 Å². The number of ether oxygens (including phenoxy) is 1. The van der Waals surface area contributed by atoms with Gasteiger partial charge in [0, 0.05) is 6.42 Å².